The molecule has 0 radical (unpaired) electrons. The molecule has 1 aromatic rings. The van der Waals surface area contributed by atoms with Crippen LogP contribution < -0.4 is 5.32 Å². The molecule has 25 heavy (non-hydrogen) atoms. The number of ether oxygens (including phenoxy) is 2. The zero-order chi connectivity index (χ0) is 19.2. The van der Waals surface area contributed by atoms with E-state index in [2.05, 4.69) is 12.2 Å². The summed E-state index contributed by atoms with van der Waals surface area (Å²) in [5.41, 5.74) is 1.50. The number of carbonyl (C=O) groups is 2. The van der Waals surface area contributed by atoms with Gasteiger partial charge in [-0.05, 0) is 51.2 Å². The predicted molar refractivity (Wildman–Crippen MR) is 98.3 cm³/mol. The molecule has 1 unspecified atom stereocenters. The SMILES string of the molecule is CCc1cccc(C(C)OC(=O)[C@@H](NC(=O)OC(C)(C)C)C(C)C)c1. The molecular weight excluding hydrogens is 318 g/mol. The first kappa shape index (κ1) is 21.0. The lowest BCUT2D eigenvalue weighted by molar-refractivity contribution is -0.152. The molecule has 1 rings (SSSR count). The van der Waals surface area contributed by atoms with E-state index < -0.39 is 23.7 Å². The zero-order valence-corrected chi connectivity index (χ0v) is 16.4. The van der Waals surface area contributed by atoms with E-state index in [4.69, 9.17) is 9.47 Å². The lowest BCUT2D eigenvalue weighted by Crippen LogP contribution is -2.47. The van der Waals surface area contributed by atoms with Gasteiger partial charge in [-0.1, -0.05) is 45.0 Å². The van der Waals surface area contributed by atoms with E-state index in [1.807, 2.05) is 45.0 Å². The average molecular weight is 349 g/mol. The van der Waals surface area contributed by atoms with Crippen LogP contribution in [0, 0.1) is 5.92 Å². The molecular formula is C20H31NO4. The monoisotopic (exact) mass is 349 g/mol. The Balaban J connectivity index is 2.77. The molecule has 2 atom stereocenters. The summed E-state index contributed by atoms with van der Waals surface area (Å²) >= 11 is 0. The van der Waals surface area contributed by atoms with Crippen molar-refractivity contribution >= 4 is 12.1 Å². The molecule has 0 aliphatic rings. The summed E-state index contributed by atoms with van der Waals surface area (Å²) in [5.74, 6) is -0.579. The van der Waals surface area contributed by atoms with Crippen LogP contribution in [0.3, 0.4) is 0 Å². The molecule has 0 saturated heterocycles. The first-order chi connectivity index (χ1) is 11.5. The highest BCUT2D eigenvalue weighted by Crippen LogP contribution is 2.20. The summed E-state index contributed by atoms with van der Waals surface area (Å²) < 4.78 is 10.8. The molecule has 0 bridgehead atoms. The molecule has 140 valence electrons. The van der Waals surface area contributed by atoms with Crippen LogP contribution in [0.5, 0.6) is 0 Å². The van der Waals surface area contributed by atoms with E-state index in [1.54, 1.807) is 20.8 Å². The maximum absolute atomic E-state index is 12.5. The molecule has 0 heterocycles. The zero-order valence-electron chi connectivity index (χ0n) is 16.4. The summed E-state index contributed by atoms with van der Waals surface area (Å²) in [6.45, 7) is 12.9. The second kappa shape index (κ2) is 8.88. The van der Waals surface area contributed by atoms with Crippen molar-refractivity contribution in [3.05, 3.63) is 35.4 Å². The van der Waals surface area contributed by atoms with Crippen LogP contribution in [0.25, 0.3) is 0 Å². The molecule has 0 aromatic heterocycles. The van der Waals surface area contributed by atoms with Crippen molar-refractivity contribution in [2.75, 3.05) is 0 Å². The predicted octanol–water partition coefficient (Wildman–Crippen LogP) is 4.40. The number of esters is 1. The summed E-state index contributed by atoms with van der Waals surface area (Å²) in [7, 11) is 0. The maximum atomic E-state index is 12.5. The standard InChI is InChI=1S/C20H31NO4/c1-8-15-10-9-11-16(12-15)14(4)24-18(22)17(13(2)3)21-19(23)25-20(5,6)7/h9-14,17H,8H2,1-7H3,(H,21,23)/t14?,17-/m0/s1. The van der Waals surface area contributed by atoms with E-state index in [0.717, 1.165) is 12.0 Å². The molecule has 0 aliphatic carbocycles. The summed E-state index contributed by atoms with van der Waals surface area (Å²) in [6, 6.07) is 7.20. The van der Waals surface area contributed by atoms with Crippen LogP contribution in [0.15, 0.2) is 24.3 Å². The van der Waals surface area contributed by atoms with E-state index >= 15 is 0 Å². The number of aryl methyl sites for hydroxylation is 1. The Labute approximate surface area is 151 Å². The molecule has 1 amide bonds. The molecule has 0 aliphatic heterocycles. The van der Waals surface area contributed by atoms with Crippen molar-refractivity contribution in [3.8, 4) is 0 Å². The molecule has 0 spiro atoms. The highest BCUT2D eigenvalue weighted by molar-refractivity contribution is 5.81. The van der Waals surface area contributed by atoms with Crippen LogP contribution in [0.4, 0.5) is 4.79 Å². The number of carbonyl (C=O) groups excluding carboxylic acids is 2. The fourth-order valence-corrected chi connectivity index (χ4v) is 2.31. The van der Waals surface area contributed by atoms with Crippen LogP contribution in [-0.4, -0.2) is 23.7 Å². The van der Waals surface area contributed by atoms with Crippen molar-refractivity contribution in [1.82, 2.24) is 5.32 Å². The highest BCUT2D eigenvalue weighted by atomic mass is 16.6. The number of nitrogens with one attached hydrogen (secondary N) is 1. The molecule has 5 nitrogen and oxygen atoms in total. The van der Waals surface area contributed by atoms with Gasteiger partial charge in [0, 0.05) is 0 Å². The first-order valence-corrected chi connectivity index (χ1v) is 8.82. The topological polar surface area (TPSA) is 64.6 Å². The van der Waals surface area contributed by atoms with E-state index in [-0.39, 0.29) is 12.0 Å². The van der Waals surface area contributed by atoms with Crippen LogP contribution in [-0.2, 0) is 20.7 Å². The Bertz CT molecular complexity index is 590. The third-order valence-corrected chi connectivity index (χ3v) is 3.71. The Morgan fingerprint density at radius 2 is 1.80 bits per heavy atom. The number of rotatable bonds is 6. The van der Waals surface area contributed by atoms with Crippen molar-refractivity contribution < 1.29 is 19.1 Å². The second-order valence-electron chi connectivity index (χ2n) is 7.55. The van der Waals surface area contributed by atoms with E-state index in [0.29, 0.717) is 0 Å². The van der Waals surface area contributed by atoms with Gasteiger partial charge in [-0.3, -0.25) is 0 Å². The number of alkyl carbamates (subject to hydrolysis) is 1. The van der Waals surface area contributed by atoms with Gasteiger partial charge in [0.2, 0.25) is 0 Å². The second-order valence-corrected chi connectivity index (χ2v) is 7.55. The minimum absolute atomic E-state index is 0.116. The summed E-state index contributed by atoms with van der Waals surface area (Å²) in [4.78, 5) is 24.5. The van der Waals surface area contributed by atoms with Gasteiger partial charge in [-0.2, -0.15) is 0 Å². The Morgan fingerprint density at radius 1 is 1.16 bits per heavy atom. The van der Waals surface area contributed by atoms with Crippen molar-refractivity contribution in [2.45, 2.75) is 72.6 Å². The van der Waals surface area contributed by atoms with E-state index in [9.17, 15) is 9.59 Å². The number of hydrogen-bond donors (Lipinski definition) is 1. The molecule has 0 fully saturated rings. The minimum atomic E-state index is -0.758. The third kappa shape index (κ3) is 7.16. The summed E-state index contributed by atoms with van der Waals surface area (Å²) in [5, 5.41) is 2.62. The van der Waals surface area contributed by atoms with Crippen molar-refractivity contribution in [3.63, 3.8) is 0 Å². The van der Waals surface area contributed by atoms with Gasteiger partial charge < -0.3 is 14.8 Å². The van der Waals surface area contributed by atoms with E-state index in [1.165, 1.54) is 5.56 Å². The Kier molecular flexibility index (Phi) is 7.46. The van der Waals surface area contributed by atoms with Gasteiger partial charge in [0.1, 0.15) is 17.7 Å². The maximum Gasteiger partial charge on any atom is 0.408 e. The van der Waals surface area contributed by atoms with Crippen LogP contribution in [0.2, 0.25) is 0 Å². The van der Waals surface area contributed by atoms with Gasteiger partial charge >= 0.3 is 12.1 Å². The lowest BCUT2D eigenvalue weighted by Gasteiger charge is -2.26. The minimum Gasteiger partial charge on any atom is -0.456 e. The van der Waals surface area contributed by atoms with Crippen molar-refractivity contribution in [2.24, 2.45) is 5.92 Å². The summed E-state index contributed by atoms with van der Waals surface area (Å²) in [6.07, 6.45) is -0.0898. The van der Waals surface area contributed by atoms with Crippen LogP contribution >= 0.6 is 0 Å². The molecule has 1 aromatic carbocycles. The number of amides is 1. The van der Waals surface area contributed by atoms with Crippen LogP contribution in [0.1, 0.15) is 65.7 Å². The highest BCUT2D eigenvalue weighted by Gasteiger charge is 2.29. The van der Waals surface area contributed by atoms with Gasteiger partial charge in [-0.25, -0.2) is 9.59 Å². The normalized spacial score (nSPS) is 13.9. The Hall–Kier alpha value is -2.04. The fourth-order valence-electron chi connectivity index (χ4n) is 2.31. The third-order valence-electron chi connectivity index (χ3n) is 3.71. The average Bonchev–Trinajstić information content (AvgIpc) is 2.50. The fraction of sp³-hybridized carbons (Fsp3) is 0.600. The van der Waals surface area contributed by atoms with Gasteiger partial charge in [0.25, 0.3) is 0 Å². The number of hydrogen-bond acceptors (Lipinski definition) is 4. The smallest absolute Gasteiger partial charge is 0.408 e. The largest absolute Gasteiger partial charge is 0.456 e. The van der Waals surface area contributed by atoms with Gasteiger partial charge in [0.05, 0.1) is 0 Å². The van der Waals surface area contributed by atoms with Gasteiger partial charge in [-0.15, -0.1) is 0 Å². The molecule has 0 saturated carbocycles. The lowest BCUT2D eigenvalue weighted by atomic mass is 10.0. The molecule has 5 heteroatoms. The molecule has 1 N–H and O–H groups in total. The Morgan fingerprint density at radius 3 is 2.32 bits per heavy atom. The quantitative estimate of drug-likeness (QED) is 0.773. The van der Waals surface area contributed by atoms with Crippen molar-refractivity contribution in [1.29, 1.82) is 0 Å². The van der Waals surface area contributed by atoms with Gasteiger partial charge in [0.15, 0.2) is 0 Å². The number of benzene rings is 1. The first-order valence-electron chi connectivity index (χ1n) is 8.82.